The number of rotatable bonds is 4. The fourth-order valence-corrected chi connectivity index (χ4v) is 3.15. The average Bonchev–Trinajstić information content (AvgIpc) is 2.98. The molecule has 6 nitrogen and oxygen atoms in total. The minimum atomic E-state index is -0.0440. The second-order valence-electron chi connectivity index (χ2n) is 6.39. The molecule has 122 valence electrons. The van der Waals surface area contributed by atoms with E-state index in [1.165, 1.54) is 24.1 Å². The van der Waals surface area contributed by atoms with E-state index in [9.17, 15) is 4.79 Å². The Labute approximate surface area is 136 Å². The number of carbonyl (C=O) groups is 1. The van der Waals surface area contributed by atoms with E-state index in [2.05, 4.69) is 27.7 Å². The Morgan fingerprint density at radius 3 is 2.87 bits per heavy atom. The van der Waals surface area contributed by atoms with E-state index in [0.717, 1.165) is 17.5 Å². The molecule has 1 aromatic heterocycles. The fourth-order valence-electron chi connectivity index (χ4n) is 3.15. The van der Waals surface area contributed by atoms with Gasteiger partial charge in [0.05, 0.1) is 0 Å². The maximum Gasteiger partial charge on any atom is 0.243 e. The van der Waals surface area contributed by atoms with Crippen molar-refractivity contribution in [1.82, 2.24) is 25.5 Å². The van der Waals surface area contributed by atoms with Crippen molar-refractivity contribution in [1.29, 1.82) is 0 Å². The summed E-state index contributed by atoms with van der Waals surface area (Å²) < 4.78 is 0. The van der Waals surface area contributed by atoms with Crippen molar-refractivity contribution in [3.8, 4) is 11.4 Å². The SMILES string of the molecule is Cc1ccccc1-c1nnn(CC(=O)N[C@H]2CCCC[C@H]2C)n1. The van der Waals surface area contributed by atoms with Gasteiger partial charge in [-0.25, -0.2) is 0 Å². The summed E-state index contributed by atoms with van der Waals surface area (Å²) >= 11 is 0. The first-order valence-electron chi connectivity index (χ1n) is 8.26. The number of nitrogens with one attached hydrogen (secondary N) is 1. The number of carbonyl (C=O) groups excluding carboxylic acids is 1. The van der Waals surface area contributed by atoms with Crippen LogP contribution in [0.25, 0.3) is 11.4 Å². The van der Waals surface area contributed by atoms with Crippen LogP contribution in [-0.2, 0) is 11.3 Å². The third-order valence-electron chi connectivity index (χ3n) is 4.58. The van der Waals surface area contributed by atoms with Crippen LogP contribution in [0, 0.1) is 12.8 Å². The van der Waals surface area contributed by atoms with Gasteiger partial charge in [0.25, 0.3) is 0 Å². The normalized spacial score (nSPS) is 21.1. The molecule has 3 rings (SSSR count). The number of hydrogen-bond donors (Lipinski definition) is 1. The standard InChI is InChI=1S/C17H23N5O/c1-12-7-3-5-9-14(12)17-19-21-22(20-17)11-16(23)18-15-10-6-4-8-13(15)2/h3,5,7,9,13,15H,4,6,8,10-11H2,1-2H3,(H,18,23)/t13-,15+/m1/s1. The molecular formula is C17H23N5O. The van der Waals surface area contributed by atoms with Gasteiger partial charge in [0, 0.05) is 11.6 Å². The minimum Gasteiger partial charge on any atom is -0.351 e. The van der Waals surface area contributed by atoms with Crippen LogP contribution in [0.5, 0.6) is 0 Å². The average molecular weight is 313 g/mol. The number of aromatic nitrogens is 4. The number of amides is 1. The lowest BCUT2D eigenvalue weighted by Crippen LogP contribution is -2.42. The summed E-state index contributed by atoms with van der Waals surface area (Å²) in [5, 5.41) is 15.5. The van der Waals surface area contributed by atoms with Gasteiger partial charge in [-0.2, -0.15) is 4.80 Å². The van der Waals surface area contributed by atoms with Gasteiger partial charge in [0.15, 0.2) is 0 Å². The zero-order valence-electron chi connectivity index (χ0n) is 13.7. The van der Waals surface area contributed by atoms with Gasteiger partial charge in [0.2, 0.25) is 11.7 Å². The van der Waals surface area contributed by atoms with Crippen LogP contribution >= 0.6 is 0 Å². The van der Waals surface area contributed by atoms with Gasteiger partial charge >= 0.3 is 0 Å². The molecule has 0 spiro atoms. The minimum absolute atomic E-state index is 0.0440. The van der Waals surface area contributed by atoms with Crippen LogP contribution in [0.4, 0.5) is 0 Å². The van der Waals surface area contributed by atoms with E-state index in [4.69, 9.17) is 0 Å². The quantitative estimate of drug-likeness (QED) is 0.940. The first-order valence-corrected chi connectivity index (χ1v) is 8.26. The van der Waals surface area contributed by atoms with E-state index in [1.807, 2.05) is 31.2 Å². The molecule has 1 aliphatic rings. The monoisotopic (exact) mass is 313 g/mol. The lowest BCUT2D eigenvalue weighted by molar-refractivity contribution is -0.123. The molecule has 0 aliphatic heterocycles. The summed E-state index contributed by atoms with van der Waals surface area (Å²) in [5.74, 6) is 1.05. The maximum atomic E-state index is 12.2. The first-order chi connectivity index (χ1) is 11.1. The Bertz CT molecular complexity index is 681. The van der Waals surface area contributed by atoms with Crippen LogP contribution in [0.1, 0.15) is 38.2 Å². The van der Waals surface area contributed by atoms with Gasteiger partial charge in [-0.1, -0.05) is 44.0 Å². The van der Waals surface area contributed by atoms with Crippen molar-refractivity contribution in [2.75, 3.05) is 0 Å². The molecule has 1 aliphatic carbocycles. The molecule has 1 N–H and O–H groups in total. The van der Waals surface area contributed by atoms with E-state index >= 15 is 0 Å². The van der Waals surface area contributed by atoms with Gasteiger partial charge in [0.1, 0.15) is 6.54 Å². The first kappa shape index (κ1) is 15.6. The topological polar surface area (TPSA) is 72.7 Å². The van der Waals surface area contributed by atoms with E-state index in [-0.39, 0.29) is 18.5 Å². The van der Waals surface area contributed by atoms with Crippen molar-refractivity contribution in [2.24, 2.45) is 5.92 Å². The highest BCUT2D eigenvalue weighted by Gasteiger charge is 2.23. The molecule has 2 aromatic rings. The molecule has 1 saturated carbocycles. The molecule has 0 saturated heterocycles. The largest absolute Gasteiger partial charge is 0.351 e. The Kier molecular flexibility index (Phi) is 4.69. The number of nitrogens with zero attached hydrogens (tertiary/aromatic N) is 4. The van der Waals surface area contributed by atoms with Crippen LogP contribution < -0.4 is 5.32 Å². The Balaban J connectivity index is 1.62. The highest BCUT2D eigenvalue weighted by Crippen LogP contribution is 2.23. The summed E-state index contributed by atoms with van der Waals surface area (Å²) in [7, 11) is 0. The molecule has 1 amide bonds. The van der Waals surface area contributed by atoms with Gasteiger partial charge in [-0.3, -0.25) is 4.79 Å². The molecule has 23 heavy (non-hydrogen) atoms. The van der Waals surface area contributed by atoms with Crippen molar-refractivity contribution < 1.29 is 4.79 Å². The number of tetrazole rings is 1. The van der Waals surface area contributed by atoms with E-state index in [0.29, 0.717) is 11.7 Å². The predicted molar refractivity (Wildman–Crippen MR) is 87.6 cm³/mol. The smallest absolute Gasteiger partial charge is 0.243 e. The molecule has 1 fully saturated rings. The van der Waals surface area contributed by atoms with Crippen molar-refractivity contribution in [2.45, 2.75) is 52.1 Å². The molecular weight excluding hydrogens is 290 g/mol. The summed E-state index contributed by atoms with van der Waals surface area (Å²) in [6.45, 7) is 4.32. The highest BCUT2D eigenvalue weighted by molar-refractivity contribution is 5.75. The fraction of sp³-hybridized carbons (Fsp3) is 0.529. The summed E-state index contributed by atoms with van der Waals surface area (Å²) in [5.41, 5.74) is 2.03. The van der Waals surface area contributed by atoms with Crippen molar-refractivity contribution in [3.05, 3.63) is 29.8 Å². The highest BCUT2D eigenvalue weighted by atomic mass is 16.2. The van der Waals surface area contributed by atoms with Gasteiger partial charge < -0.3 is 5.32 Å². The molecule has 0 unspecified atom stereocenters. The molecule has 0 radical (unpaired) electrons. The second-order valence-corrected chi connectivity index (χ2v) is 6.39. The van der Waals surface area contributed by atoms with Crippen molar-refractivity contribution >= 4 is 5.91 Å². The van der Waals surface area contributed by atoms with Crippen LogP contribution in [0.3, 0.4) is 0 Å². The lowest BCUT2D eigenvalue weighted by atomic mass is 9.86. The number of aryl methyl sites for hydroxylation is 1. The summed E-state index contributed by atoms with van der Waals surface area (Å²) in [4.78, 5) is 13.6. The third kappa shape index (κ3) is 3.75. The maximum absolute atomic E-state index is 12.2. The Morgan fingerprint density at radius 1 is 1.30 bits per heavy atom. The Morgan fingerprint density at radius 2 is 2.09 bits per heavy atom. The van der Waals surface area contributed by atoms with Gasteiger partial charge in [-0.15, -0.1) is 10.2 Å². The molecule has 2 atom stereocenters. The Hall–Kier alpha value is -2.24. The molecule has 1 aromatic carbocycles. The van der Waals surface area contributed by atoms with Crippen LogP contribution in [-0.4, -0.2) is 32.2 Å². The van der Waals surface area contributed by atoms with Gasteiger partial charge in [-0.05, 0) is 36.5 Å². The number of hydrogen-bond acceptors (Lipinski definition) is 4. The van der Waals surface area contributed by atoms with Crippen molar-refractivity contribution in [3.63, 3.8) is 0 Å². The molecule has 0 bridgehead atoms. The number of benzene rings is 1. The lowest BCUT2D eigenvalue weighted by Gasteiger charge is -2.29. The third-order valence-corrected chi connectivity index (χ3v) is 4.58. The summed E-state index contributed by atoms with van der Waals surface area (Å²) in [6.07, 6.45) is 4.70. The van der Waals surface area contributed by atoms with E-state index in [1.54, 1.807) is 0 Å². The second kappa shape index (κ2) is 6.89. The van der Waals surface area contributed by atoms with Crippen LogP contribution in [0.15, 0.2) is 24.3 Å². The zero-order valence-corrected chi connectivity index (χ0v) is 13.7. The van der Waals surface area contributed by atoms with Crippen LogP contribution in [0.2, 0.25) is 0 Å². The predicted octanol–water partition coefficient (Wildman–Crippen LogP) is 2.34. The summed E-state index contributed by atoms with van der Waals surface area (Å²) in [6, 6.07) is 8.16. The molecule has 1 heterocycles. The zero-order chi connectivity index (χ0) is 16.2. The van der Waals surface area contributed by atoms with E-state index < -0.39 is 0 Å². The molecule has 6 heteroatoms.